The molecular formula is C13H21NO3. The molecule has 2 heterocycles. The molecule has 96 valence electrons. The van der Waals surface area contributed by atoms with Gasteiger partial charge in [0.05, 0.1) is 6.26 Å². The van der Waals surface area contributed by atoms with E-state index in [1.54, 1.807) is 12.3 Å². The Labute approximate surface area is 102 Å². The first kappa shape index (κ1) is 12.6. The van der Waals surface area contributed by atoms with Crippen molar-refractivity contribution in [3.05, 3.63) is 24.2 Å². The highest BCUT2D eigenvalue weighted by Gasteiger charge is 2.19. The molecule has 1 aliphatic heterocycles. The number of hydrogen-bond acceptors (Lipinski definition) is 4. The topological polar surface area (TPSA) is 54.6 Å². The summed E-state index contributed by atoms with van der Waals surface area (Å²) in [5.41, 5.74) is 0. The Morgan fingerprint density at radius 3 is 2.88 bits per heavy atom. The van der Waals surface area contributed by atoms with Crippen LogP contribution in [0.5, 0.6) is 0 Å². The molecule has 0 bridgehead atoms. The van der Waals surface area contributed by atoms with E-state index >= 15 is 0 Å². The largest absolute Gasteiger partial charge is 0.467 e. The van der Waals surface area contributed by atoms with Gasteiger partial charge in [-0.3, -0.25) is 0 Å². The third-order valence-corrected chi connectivity index (χ3v) is 3.19. The number of nitrogens with one attached hydrogen (secondary N) is 1. The Hall–Kier alpha value is -0.840. The molecule has 0 spiro atoms. The third kappa shape index (κ3) is 3.84. The summed E-state index contributed by atoms with van der Waals surface area (Å²) in [7, 11) is 0. The maximum Gasteiger partial charge on any atom is 0.132 e. The van der Waals surface area contributed by atoms with E-state index < -0.39 is 6.10 Å². The van der Waals surface area contributed by atoms with E-state index in [1.165, 1.54) is 0 Å². The van der Waals surface area contributed by atoms with Crippen molar-refractivity contribution in [2.45, 2.75) is 44.4 Å². The van der Waals surface area contributed by atoms with Gasteiger partial charge in [-0.2, -0.15) is 0 Å². The van der Waals surface area contributed by atoms with Crippen molar-refractivity contribution < 1.29 is 14.3 Å². The van der Waals surface area contributed by atoms with E-state index in [1.807, 2.05) is 6.07 Å². The zero-order valence-corrected chi connectivity index (χ0v) is 10.3. The number of hydrogen-bond donors (Lipinski definition) is 2. The first-order chi connectivity index (χ1) is 8.25. The smallest absolute Gasteiger partial charge is 0.132 e. The van der Waals surface area contributed by atoms with Gasteiger partial charge in [-0.1, -0.05) is 0 Å². The minimum atomic E-state index is -0.521. The van der Waals surface area contributed by atoms with Gasteiger partial charge in [0.15, 0.2) is 0 Å². The van der Waals surface area contributed by atoms with Gasteiger partial charge in [0.2, 0.25) is 0 Å². The highest BCUT2D eigenvalue weighted by molar-refractivity contribution is 5.02. The van der Waals surface area contributed by atoms with Crippen LogP contribution in [-0.2, 0) is 4.74 Å². The van der Waals surface area contributed by atoms with E-state index in [0.29, 0.717) is 18.2 Å². The first-order valence-corrected chi connectivity index (χ1v) is 6.31. The van der Waals surface area contributed by atoms with Crippen LogP contribution in [0.15, 0.2) is 22.8 Å². The normalized spacial score (nSPS) is 21.3. The van der Waals surface area contributed by atoms with E-state index in [4.69, 9.17) is 9.15 Å². The maximum absolute atomic E-state index is 9.95. The molecule has 1 saturated heterocycles. The molecule has 17 heavy (non-hydrogen) atoms. The average Bonchev–Trinajstić information content (AvgIpc) is 2.83. The van der Waals surface area contributed by atoms with Gasteiger partial charge in [-0.05, 0) is 38.3 Å². The molecule has 4 nitrogen and oxygen atoms in total. The van der Waals surface area contributed by atoms with E-state index in [2.05, 4.69) is 12.2 Å². The van der Waals surface area contributed by atoms with Gasteiger partial charge in [0.1, 0.15) is 11.9 Å². The first-order valence-electron chi connectivity index (χ1n) is 6.31. The van der Waals surface area contributed by atoms with E-state index in [0.717, 1.165) is 26.1 Å². The van der Waals surface area contributed by atoms with Crippen molar-refractivity contribution in [2.24, 2.45) is 0 Å². The summed E-state index contributed by atoms with van der Waals surface area (Å²) in [5, 5.41) is 13.5. The van der Waals surface area contributed by atoms with Crippen LogP contribution in [-0.4, -0.2) is 30.4 Å². The minimum absolute atomic E-state index is 0.276. The van der Waals surface area contributed by atoms with Crippen LogP contribution in [0.2, 0.25) is 0 Å². The van der Waals surface area contributed by atoms with Crippen LogP contribution in [0.3, 0.4) is 0 Å². The number of rotatable bonds is 5. The summed E-state index contributed by atoms with van der Waals surface area (Å²) in [4.78, 5) is 0. The Morgan fingerprint density at radius 1 is 1.47 bits per heavy atom. The highest BCUT2D eigenvalue weighted by Crippen LogP contribution is 2.19. The minimum Gasteiger partial charge on any atom is -0.467 e. The lowest BCUT2D eigenvalue weighted by Gasteiger charge is -2.27. The Kier molecular flexibility index (Phi) is 4.59. The fraction of sp³-hybridized carbons (Fsp3) is 0.692. The molecule has 1 aromatic heterocycles. The second-order valence-corrected chi connectivity index (χ2v) is 4.72. The molecular weight excluding hydrogens is 218 g/mol. The Bertz CT molecular complexity index is 306. The summed E-state index contributed by atoms with van der Waals surface area (Å²) in [6.07, 6.45) is 3.86. The maximum atomic E-state index is 9.95. The fourth-order valence-corrected chi connectivity index (χ4v) is 2.27. The second-order valence-electron chi connectivity index (χ2n) is 4.72. The zero-order chi connectivity index (χ0) is 12.1. The molecule has 2 rings (SSSR count). The van der Waals surface area contributed by atoms with Crippen LogP contribution in [0.25, 0.3) is 0 Å². The summed E-state index contributed by atoms with van der Waals surface area (Å²) in [6.45, 7) is 3.78. The lowest BCUT2D eigenvalue weighted by molar-refractivity contribution is 0.0704. The van der Waals surface area contributed by atoms with Crippen LogP contribution in [0.4, 0.5) is 0 Å². The number of furan rings is 1. The van der Waals surface area contributed by atoms with Crippen molar-refractivity contribution in [1.82, 2.24) is 5.32 Å². The molecule has 2 atom stereocenters. The molecule has 0 amide bonds. The van der Waals surface area contributed by atoms with Crippen molar-refractivity contribution in [1.29, 1.82) is 0 Å². The van der Waals surface area contributed by atoms with Gasteiger partial charge in [0, 0.05) is 25.3 Å². The molecule has 0 aliphatic carbocycles. The van der Waals surface area contributed by atoms with Crippen LogP contribution < -0.4 is 5.32 Å². The second kappa shape index (κ2) is 6.19. The average molecular weight is 239 g/mol. The van der Waals surface area contributed by atoms with E-state index in [9.17, 15) is 5.11 Å². The van der Waals surface area contributed by atoms with Crippen molar-refractivity contribution in [3.8, 4) is 0 Å². The van der Waals surface area contributed by atoms with Crippen molar-refractivity contribution in [3.63, 3.8) is 0 Å². The predicted octanol–water partition coefficient (Wildman–Crippen LogP) is 1.86. The van der Waals surface area contributed by atoms with Gasteiger partial charge in [-0.15, -0.1) is 0 Å². The number of aliphatic hydroxyl groups is 1. The molecule has 0 saturated carbocycles. The highest BCUT2D eigenvalue weighted by atomic mass is 16.5. The van der Waals surface area contributed by atoms with Crippen LogP contribution >= 0.6 is 0 Å². The molecule has 1 fully saturated rings. The quantitative estimate of drug-likeness (QED) is 0.823. The summed E-state index contributed by atoms with van der Waals surface area (Å²) in [5.74, 6) is 0.644. The zero-order valence-electron chi connectivity index (χ0n) is 10.3. The van der Waals surface area contributed by atoms with Crippen LogP contribution in [0.1, 0.15) is 38.1 Å². The third-order valence-electron chi connectivity index (χ3n) is 3.19. The Morgan fingerprint density at radius 2 is 2.24 bits per heavy atom. The standard InChI is InChI=1S/C13H21NO3/c1-10(14-11-4-7-16-8-5-11)9-12(15)13-3-2-6-17-13/h2-3,6,10-12,14-15H,4-5,7-9H2,1H3. The van der Waals surface area contributed by atoms with E-state index in [-0.39, 0.29) is 6.04 Å². The molecule has 1 aromatic rings. The van der Waals surface area contributed by atoms with Gasteiger partial charge in [-0.25, -0.2) is 0 Å². The van der Waals surface area contributed by atoms with Crippen molar-refractivity contribution >= 4 is 0 Å². The molecule has 1 aliphatic rings. The molecule has 4 heteroatoms. The molecule has 2 N–H and O–H groups in total. The fourth-order valence-electron chi connectivity index (χ4n) is 2.27. The summed E-state index contributed by atoms with van der Waals surface area (Å²) >= 11 is 0. The summed E-state index contributed by atoms with van der Waals surface area (Å²) in [6, 6.07) is 4.40. The van der Waals surface area contributed by atoms with Gasteiger partial charge < -0.3 is 19.6 Å². The lowest BCUT2D eigenvalue weighted by Crippen LogP contribution is -2.40. The lowest BCUT2D eigenvalue weighted by atomic mass is 10.0. The molecule has 0 aromatic carbocycles. The van der Waals surface area contributed by atoms with Gasteiger partial charge >= 0.3 is 0 Å². The molecule has 2 unspecified atom stereocenters. The number of ether oxygens (including phenoxy) is 1. The van der Waals surface area contributed by atoms with Gasteiger partial charge in [0.25, 0.3) is 0 Å². The predicted molar refractivity (Wildman–Crippen MR) is 64.7 cm³/mol. The number of aliphatic hydroxyl groups excluding tert-OH is 1. The van der Waals surface area contributed by atoms with Crippen molar-refractivity contribution in [2.75, 3.05) is 13.2 Å². The summed E-state index contributed by atoms with van der Waals surface area (Å²) < 4.78 is 10.5. The monoisotopic (exact) mass is 239 g/mol. The SMILES string of the molecule is CC(CC(O)c1ccco1)NC1CCOCC1. The Balaban J connectivity index is 1.74. The van der Waals surface area contributed by atoms with Crippen LogP contribution in [0, 0.1) is 0 Å². The molecule has 0 radical (unpaired) electrons.